The van der Waals surface area contributed by atoms with E-state index >= 15 is 0 Å². The topological polar surface area (TPSA) is 86.8 Å². The molecule has 0 bridgehead atoms. The molecule has 0 saturated carbocycles. The second-order valence-electron chi connectivity index (χ2n) is 5.45. The number of nitrogens with zero attached hydrogens (tertiary/aromatic N) is 1. The van der Waals surface area contributed by atoms with E-state index < -0.39 is 23.7 Å². The molecule has 2 rings (SSSR count). The molecule has 0 saturated heterocycles. The molecule has 1 aromatic carbocycles. The van der Waals surface area contributed by atoms with Crippen LogP contribution in [0, 0.1) is 0 Å². The number of alkyl halides is 3. The van der Waals surface area contributed by atoms with Crippen LogP contribution in [0.2, 0.25) is 10.0 Å². The standard InChI is InChI=1S/C18H13Cl2F3N2O5/c1-28-15(26)7-13(17(27)29-2)25-10-5-11(19)16(12(20)6-10)30-14-4-3-9(8-24-14)18(21,22)23/h3-8,25H,1-2H3/b13-7+. The van der Waals surface area contributed by atoms with Crippen molar-refractivity contribution in [3.8, 4) is 11.6 Å². The first-order valence-electron chi connectivity index (χ1n) is 7.90. The van der Waals surface area contributed by atoms with Crippen LogP contribution in [-0.4, -0.2) is 31.1 Å². The second-order valence-corrected chi connectivity index (χ2v) is 6.27. The molecule has 0 atom stereocenters. The Hall–Kier alpha value is -2.98. The summed E-state index contributed by atoms with van der Waals surface area (Å²) in [5.74, 6) is -1.92. The lowest BCUT2D eigenvalue weighted by atomic mass is 10.2. The number of methoxy groups -OCH3 is 2. The first-order valence-corrected chi connectivity index (χ1v) is 8.66. The van der Waals surface area contributed by atoms with Crippen molar-refractivity contribution < 1.29 is 37.0 Å². The van der Waals surface area contributed by atoms with Gasteiger partial charge >= 0.3 is 18.1 Å². The zero-order chi connectivity index (χ0) is 22.5. The highest BCUT2D eigenvalue weighted by Crippen LogP contribution is 2.39. The predicted octanol–water partition coefficient (Wildman–Crippen LogP) is 4.84. The fourth-order valence-electron chi connectivity index (χ4n) is 2.03. The summed E-state index contributed by atoms with van der Waals surface area (Å²) in [6, 6.07) is 4.41. The monoisotopic (exact) mass is 464 g/mol. The van der Waals surface area contributed by atoms with Crippen molar-refractivity contribution in [1.29, 1.82) is 0 Å². The number of ether oxygens (including phenoxy) is 3. The van der Waals surface area contributed by atoms with Gasteiger partial charge in [-0.15, -0.1) is 0 Å². The first-order chi connectivity index (χ1) is 14.0. The van der Waals surface area contributed by atoms with Gasteiger partial charge in [0.05, 0.1) is 35.9 Å². The summed E-state index contributed by atoms with van der Waals surface area (Å²) in [6.07, 6.45) is -3.07. The lowest BCUT2D eigenvalue weighted by Gasteiger charge is -2.13. The van der Waals surface area contributed by atoms with E-state index in [1.54, 1.807) is 0 Å². The Bertz CT molecular complexity index is 956. The molecule has 0 unspecified atom stereocenters. The quantitative estimate of drug-likeness (QED) is 0.483. The zero-order valence-electron chi connectivity index (χ0n) is 15.3. The highest BCUT2D eigenvalue weighted by atomic mass is 35.5. The number of hydrogen-bond acceptors (Lipinski definition) is 7. The number of nitrogens with one attached hydrogen (secondary N) is 1. The van der Waals surface area contributed by atoms with Crippen LogP contribution in [0.4, 0.5) is 18.9 Å². The number of carbonyl (C=O) groups excluding carboxylic acids is 2. The minimum Gasteiger partial charge on any atom is -0.466 e. The molecular formula is C18H13Cl2F3N2O5. The van der Waals surface area contributed by atoms with Crippen molar-refractivity contribution in [2.45, 2.75) is 6.18 Å². The number of rotatable bonds is 6. The van der Waals surface area contributed by atoms with Crippen molar-refractivity contribution in [1.82, 2.24) is 4.98 Å². The molecule has 0 amide bonds. The molecule has 160 valence electrons. The maximum Gasteiger partial charge on any atom is 0.417 e. The Morgan fingerprint density at radius 2 is 1.73 bits per heavy atom. The normalized spacial score (nSPS) is 11.6. The van der Waals surface area contributed by atoms with Gasteiger partial charge in [0.25, 0.3) is 0 Å². The molecule has 2 aromatic rings. The smallest absolute Gasteiger partial charge is 0.417 e. The van der Waals surface area contributed by atoms with E-state index in [2.05, 4.69) is 19.8 Å². The molecule has 0 aliphatic carbocycles. The number of aromatic nitrogens is 1. The van der Waals surface area contributed by atoms with E-state index in [1.807, 2.05) is 0 Å². The van der Waals surface area contributed by atoms with Gasteiger partial charge in [-0.2, -0.15) is 13.2 Å². The van der Waals surface area contributed by atoms with Crippen LogP contribution in [0.5, 0.6) is 11.6 Å². The number of carbonyl (C=O) groups is 2. The fourth-order valence-corrected chi connectivity index (χ4v) is 2.59. The van der Waals surface area contributed by atoms with Gasteiger partial charge in [0, 0.05) is 18.0 Å². The predicted molar refractivity (Wildman–Crippen MR) is 102 cm³/mol. The Balaban J connectivity index is 2.27. The second kappa shape index (κ2) is 9.68. The van der Waals surface area contributed by atoms with Gasteiger partial charge in [-0.3, -0.25) is 0 Å². The van der Waals surface area contributed by atoms with Gasteiger partial charge in [0.2, 0.25) is 5.88 Å². The third-order valence-electron chi connectivity index (χ3n) is 3.42. The Labute approximate surface area is 178 Å². The number of benzene rings is 1. The van der Waals surface area contributed by atoms with E-state index in [4.69, 9.17) is 27.9 Å². The molecule has 1 N–H and O–H groups in total. The molecule has 0 aliphatic rings. The number of esters is 2. The molecule has 1 aromatic heterocycles. The van der Waals surface area contributed by atoms with E-state index in [1.165, 1.54) is 12.1 Å². The van der Waals surface area contributed by atoms with Crippen molar-refractivity contribution in [2.24, 2.45) is 0 Å². The van der Waals surface area contributed by atoms with E-state index in [0.717, 1.165) is 32.4 Å². The van der Waals surface area contributed by atoms with Crippen LogP contribution in [-0.2, 0) is 25.2 Å². The molecule has 12 heteroatoms. The Morgan fingerprint density at radius 3 is 2.20 bits per heavy atom. The molecule has 0 radical (unpaired) electrons. The van der Waals surface area contributed by atoms with Crippen molar-refractivity contribution in [3.05, 3.63) is 57.8 Å². The minimum absolute atomic E-state index is 0.0472. The summed E-state index contributed by atoms with van der Waals surface area (Å²) in [5.41, 5.74) is -1.01. The van der Waals surface area contributed by atoms with Gasteiger partial charge < -0.3 is 19.5 Å². The van der Waals surface area contributed by atoms with E-state index in [9.17, 15) is 22.8 Å². The van der Waals surface area contributed by atoms with Crippen LogP contribution < -0.4 is 10.1 Å². The lowest BCUT2D eigenvalue weighted by molar-refractivity contribution is -0.138. The van der Waals surface area contributed by atoms with Gasteiger partial charge in [0.1, 0.15) is 5.70 Å². The summed E-state index contributed by atoms with van der Waals surface area (Å²) in [6.45, 7) is 0. The third kappa shape index (κ3) is 6.01. The maximum atomic E-state index is 12.6. The average Bonchev–Trinajstić information content (AvgIpc) is 2.69. The van der Waals surface area contributed by atoms with Crippen LogP contribution in [0.25, 0.3) is 0 Å². The highest BCUT2D eigenvalue weighted by molar-refractivity contribution is 6.37. The fraction of sp³-hybridized carbons (Fsp3) is 0.167. The Morgan fingerprint density at radius 1 is 1.10 bits per heavy atom. The van der Waals surface area contributed by atoms with Crippen LogP contribution in [0.15, 0.2) is 42.2 Å². The van der Waals surface area contributed by atoms with Crippen LogP contribution >= 0.6 is 23.2 Å². The molecule has 7 nitrogen and oxygen atoms in total. The van der Waals surface area contributed by atoms with E-state index in [-0.39, 0.29) is 33.1 Å². The minimum atomic E-state index is -4.54. The van der Waals surface area contributed by atoms with Gasteiger partial charge in [-0.1, -0.05) is 23.2 Å². The summed E-state index contributed by atoms with van der Waals surface area (Å²) >= 11 is 12.3. The molecule has 0 spiro atoms. The van der Waals surface area contributed by atoms with E-state index in [0.29, 0.717) is 6.20 Å². The summed E-state index contributed by atoms with van der Waals surface area (Å²) in [7, 11) is 2.24. The number of hydrogen-bond donors (Lipinski definition) is 1. The summed E-state index contributed by atoms with van der Waals surface area (Å²) in [4.78, 5) is 26.8. The average molecular weight is 465 g/mol. The molecule has 30 heavy (non-hydrogen) atoms. The largest absolute Gasteiger partial charge is 0.466 e. The van der Waals surface area contributed by atoms with Crippen molar-refractivity contribution >= 4 is 40.8 Å². The van der Waals surface area contributed by atoms with Crippen LogP contribution in [0.3, 0.4) is 0 Å². The summed E-state index contributed by atoms with van der Waals surface area (Å²) in [5, 5.41) is 2.52. The van der Waals surface area contributed by atoms with Gasteiger partial charge in [0.15, 0.2) is 5.75 Å². The molecular weight excluding hydrogens is 452 g/mol. The van der Waals surface area contributed by atoms with Gasteiger partial charge in [-0.25, -0.2) is 14.6 Å². The summed E-state index contributed by atoms with van der Waals surface area (Å²) < 4.78 is 52.2. The maximum absolute atomic E-state index is 12.6. The zero-order valence-corrected chi connectivity index (χ0v) is 16.9. The van der Waals surface area contributed by atoms with Crippen molar-refractivity contribution in [2.75, 3.05) is 19.5 Å². The third-order valence-corrected chi connectivity index (χ3v) is 3.98. The molecule has 1 heterocycles. The molecule has 0 aliphatic heterocycles. The first kappa shape index (κ1) is 23.3. The Kier molecular flexibility index (Phi) is 7.52. The number of pyridine rings is 1. The van der Waals surface area contributed by atoms with Crippen molar-refractivity contribution in [3.63, 3.8) is 0 Å². The highest BCUT2D eigenvalue weighted by Gasteiger charge is 2.30. The lowest BCUT2D eigenvalue weighted by Crippen LogP contribution is -2.15. The van der Waals surface area contributed by atoms with Crippen LogP contribution in [0.1, 0.15) is 5.56 Å². The SMILES string of the molecule is COC(=O)/C=C(/Nc1cc(Cl)c(Oc2ccc(C(F)(F)F)cn2)c(Cl)c1)C(=O)OC. The molecule has 0 fully saturated rings. The number of halogens is 5. The van der Waals surface area contributed by atoms with Gasteiger partial charge in [-0.05, 0) is 18.2 Å². The number of anilines is 1.